The average molecular weight is 378 g/mol. The van der Waals surface area contributed by atoms with Crippen molar-refractivity contribution < 1.29 is 14.3 Å². The van der Waals surface area contributed by atoms with Crippen LogP contribution in [0.4, 0.5) is 0 Å². The molecule has 5 heteroatoms. The van der Waals surface area contributed by atoms with E-state index in [2.05, 4.69) is 23.2 Å². The van der Waals surface area contributed by atoms with Crippen molar-refractivity contribution in [3.05, 3.63) is 59.3 Å². The quantitative estimate of drug-likeness (QED) is 0.703. The van der Waals surface area contributed by atoms with E-state index in [4.69, 9.17) is 9.47 Å². The molecule has 2 heterocycles. The standard InChI is InChI=1S/C23H26N2O3/c1-3-28-21-10-8-16(14-22(21)27-2)9-11-23(26)25-13-12-20-18(15-25)17-6-4-5-7-19(17)24-20/h4-8,10,14,24H,3,9,11-13,15H2,1-2H3. The molecule has 3 aromatic rings. The first kappa shape index (κ1) is 18.4. The molecule has 1 N–H and O–H groups in total. The van der Waals surface area contributed by atoms with E-state index < -0.39 is 0 Å². The van der Waals surface area contributed by atoms with Gasteiger partial charge in [-0.3, -0.25) is 4.79 Å². The summed E-state index contributed by atoms with van der Waals surface area (Å²) in [6.07, 6.45) is 2.07. The van der Waals surface area contributed by atoms with E-state index in [1.54, 1.807) is 7.11 Å². The summed E-state index contributed by atoms with van der Waals surface area (Å²) in [5.74, 6) is 1.65. The van der Waals surface area contributed by atoms with Gasteiger partial charge in [0.1, 0.15) is 0 Å². The highest BCUT2D eigenvalue weighted by molar-refractivity contribution is 5.86. The lowest BCUT2D eigenvalue weighted by molar-refractivity contribution is -0.132. The molecule has 0 saturated heterocycles. The second-order valence-corrected chi connectivity index (χ2v) is 7.11. The first-order valence-corrected chi connectivity index (χ1v) is 9.85. The lowest BCUT2D eigenvalue weighted by atomic mass is 10.0. The zero-order valence-corrected chi connectivity index (χ0v) is 16.5. The van der Waals surface area contributed by atoms with Crippen molar-refractivity contribution in [1.82, 2.24) is 9.88 Å². The molecule has 2 aromatic carbocycles. The molecule has 1 aromatic heterocycles. The number of para-hydroxylation sites is 1. The van der Waals surface area contributed by atoms with Crippen LogP contribution in [0.2, 0.25) is 0 Å². The van der Waals surface area contributed by atoms with Gasteiger partial charge in [0, 0.05) is 48.1 Å². The number of amides is 1. The molecule has 0 unspecified atom stereocenters. The van der Waals surface area contributed by atoms with Crippen LogP contribution in [0.25, 0.3) is 10.9 Å². The third kappa shape index (κ3) is 3.57. The van der Waals surface area contributed by atoms with Gasteiger partial charge in [0.15, 0.2) is 11.5 Å². The second-order valence-electron chi connectivity index (χ2n) is 7.11. The summed E-state index contributed by atoms with van der Waals surface area (Å²) in [7, 11) is 1.64. The number of benzene rings is 2. The number of rotatable bonds is 6. The van der Waals surface area contributed by atoms with Crippen LogP contribution in [0.3, 0.4) is 0 Å². The van der Waals surface area contributed by atoms with E-state index in [9.17, 15) is 4.79 Å². The van der Waals surface area contributed by atoms with Gasteiger partial charge in [-0.1, -0.05) is 24.3 Å². The minimum absolute atomic E-state index is 0.198. The summed E-state index contributed by atoms with van der Waals surface area (Å²) < 4.78 is 11.0. The lowest BCUT2D eigenvalue weighted by Crippen LogP contribution is -2.35. The zero-order valence-electron chi connectivity index (χ0n) is 16.5. The van der Waals surface area contributed by atoms with Crippen LogP contribution >= 0.6 is 0 Å². The van der Waals surface area contributed by atoms with Gasteiger partial charge >= 0.3 is 0 Å². The number of H-pyrrole nitrogens is 1. The largest absolute Gasteiger partial charge is 0.493 e. The van der Waals surface area contributed by atoms with Gasteiger partial charge < -0.3 is 19.4 Å². The van der Waals surface area contributed by atoms with E-state index >= 15 is 0 Å². The lowest BCUT2D eigenvalue weighted by Gasteiger charge is -2.27. The minimum Gasteiger partial charge on any atom is -0.493 e. The summed E-state index contributed by atoms with van der Waals surface area (Å²) in [5, 5.41) is 1.23. The topological polar surface area (TPSA) is 54.6 Å². The predicted molar refractivity (Wildman–Crippen MR) is 110 cm³/mol. The molecular formula is C23H26N2O3. The molecule has 4 rings (SSSR count). The zero-order chi connectivity index (χ0) is 19.5. The summed E-state index contributed by atoms with van der Waals surface area (Å²) in [6, 6.07) is 14.2. The fraction of sp³-hybridized carbons (Fsp3) is 0.348. The van der Waals surface area contributed by atoms with E-state index in [1.165, 1.54) is 16.6 Å². The van der Waals surface area contributed by atoms with Gasteiger partial charge in [0.25, 0.3) is 0 Å². The number of nitrogens with one attached hydrogen (secondary N) is 1. The van der Waals surface area contributed by atoms with Crippen LogP contribution in [-0.4, -0.2) is 36.1 Å². The number of fused-ring (bicyclic) bond motifs is 3. The van der Waals surface area contributed by atoms with Gasteiger partial charge in [-0.15, -0.1) is 0 Å². The van der Waals surface area contributed by atoms with Crippen molar-refractivity contribution >= 4 is 16.8 Å². The Hall–Kier alpha value is -2.95. The van der Waals surface area contributed by atoms with Crippen LogP contribution in [0.5, 0.6) is 11.5 Å². The number of hydrogen-bond donors (Lipinski definition) is 1. The molecule has 1 amide bonds. The van der Waals surface area contributed by atoms with Crippen molar-refractivity contribution in [2.75, 3.05) is 20.3 Å². The number of ether oxygens (including phenoxy) is 2. The molecule has 28 heavy (non-hydrogen) atoms. The van der Waals surface area contributed by atoms with Crippen LogP contribution in [0.1, 0.15) is 30.2 Å². The van der Waals surface area contributed by atoms with Gasteiger partial charge in [-0.25, -0.2) is 0 Å². The fourth-order valence-electron chi connectivity index (χ4n) is 3.93. The third-order valence-electron chi connectivity index (χ3n) is 5.39. The molecule has 5 nitrogen and oxygen atoms in total. The maximum absolute atomic E-state index is 12.8. The highest BCUT2D eigenvalue weighted by atomic mass is 16.5. The Labute approximate surface area is 165 Å². The highest BCUT2D eigenvalue weighted by Crippen LogP contribution is 2.30. The molecule has 0 radical (unpaired) electrons. The molecule has 0 atom stereocenters. The van der Waals surface area contributed by atoms with Crippen molar-refractivity contribution in [3.63, 3.8) is 0 Å². The first-order valence-electron chi connectivity index (χ1n) is 9.85. The SMILES string of the molecule is CCOc1ccc(CCC(=O)N2CCc3[nH]c4ccccc4c3C2)cc1OC. The molecule has 0 saturated carbocycles. The average Bonchev–Trinajstić information content (AvgIpc) is 3.10. The molecular weight excluding hydrogens is 352 g/mol. The maximum atomic E-state index is 12.8. The number of aromatic amines is 1. The summed E-state index contributed by atoms with van der Waals surface area (Å²) in [5.41, 5.74) is 4.76. The Kier molecular flexibility index (Phi) is 5.24. The van der Waals surface area contributed by atoms with Crippen molar-refractivity contribution in [2.45, 2.75) is 32.7 Å². The smallest absolute Gasteiger partial charge is 0.223 e. The number of hydrogen-bond acceptors (Lipinski definition) is 3. The number of aryl methyl sites for hydroxylation is 1. The number of carbonyl (C=O) groups is 1. The van der Waals surface area contributed by atoms with Crippen molar-refractivity contribution in [2.24, 2.45) is 0 Å². The number of methoxy groups -OCH3 is 1. The Bertz CT molecular complexity index is 993. The van der Waals surface area contributed by atoms with Gasteiger partial charge in [0.05, 0.1) is 13.7 Å². The molecule has 0 spiro atoms. The Morgan fingerprint density at radius 1 is 1.18 bits per heavy atom. The molecule has 0 fully saturated rings. The predicted octanol–water partition coefficient (Wildman–Crippen LogP) is 4.09. The van der Waals surface area contributed by atoms with Crippen LogP contribution < -0.4 is 9.47 Å². The van der Waals surface area contributed by atoms with Crippen molar-refractivity contribution in [3.8, 4) is 11.5 Å². The fourth-order valence-corrected chi connectivity index (χ4v) is 3.93. The molecule has 1 aliphatic rings. The molecule has 0 bridgehead atoms. The van der Waals surface area contributed by atoms with E-state index in [0.29, 0.717) is 31.7 Å². The van der Waals surface area contributed by atoms with Crippen LogP contribution in [0.15, 0.2) is 42.5 Å². The Balaban J connectivity index is 1.42. The number of nitrogens with zero attached hydrogens (tertiary/aromatic N) is 1. The molecule has 1 aliphatic heterocycles. The van der Waals surface area contributed by atoms with Crippen LogP contribution in [0, 0.1) is 0 Å². The van der Waals surface area contributed by atoms with Gasteiger partial charge in [-0.2, -0.15) is 0 Å². The van der Waals surface area contributed by atoms with Crippen LogP contribution in [-0.2, 0) is 24.2 Å². The molecule has 146 valence electrons. The Morgan fingerprint density at radius 3 is 2.86 bits per heavy atom. The second kappa shape index (κ2) is 7.97. The van der Waals surface area contributed by atoms with Gasteiger partial charge in [0.2, 0.25) is 5.91 Å². The third-order valence-corrected chi connectivity index (χ3v) is 5.39. The summed E-state index contributed by atoms with van der Waals surface area (Å²) in [6.45, 7) is 4.00. The van der Waals surface area contributed by atoms with E-state index in [-0.39, 0.29) is 5.91 Å². The summed E-state index contributed by atoms with van der Waals surface area (Å²) >= 11 is 0. The number of aromatic nitrogens is 1. The first-order chi connectivity index (χ1) is 13.7. The Morgan fingerprint density at radius 2 is 2.04 bits per heavy atom. The number of carbonyl (C=O) groups excluding carboxylic acids is 1. The van der Waals surface area contributed by atoms with Gasteiger partial charge in [-0.05, 0) is 37.1 Å². The van der Waals surface area contributed by atoms with E-state index in [1.807, 2.05) is 36.1 Å². The monoisotopic (exact) mass is 378 g/mol. The normalized spacial score (nSPS) is 13.4. The minimum atomic E-state index is 0.198. The molecule has 0 aliphatic carbocycles. The highest BCUT2D eigenvalue weighted by Gasteiger charge is 2.23. The van der Waals surface area contributed by atoms with Crippen molar-refractivity contribution in [1.29, 1.82) is 0 Å². The van der Waals surface area contributed by atoms with E-state index in [0.717, 1.165) is 29.8 Å². The summed E-state index contributed by atoms with van der Waals surface area (Å²) in [4.78, 5) is 18.3. The maximum Gasteiger partial charge on any atom is 0.223 e.